The highest BCUT2D eigenvalue weighted by atomic mass is 32.1. The van der Waals surface area contributed by atoms with Crippen LogP contribution in [-0.2, 0) is 6.42 Å². The van der Waals surface area contributed by atoms with Gasteiger partial charge >= 0.3 is 0 Å². The van der Waals surface area contributed by atoms with Crippen molar-refractivity contribution in [2.24, 2.45) is 0 Å². The largest absolute Gasteiger partial charge is 0.313 e. The van der Waals surface area contributed by atoms with Crippen molar-refractivity contribution in [3.8, 4) is 0 Å². The van der Waals surface area contributed by atoms with Gasteiger partial charge in [-0.3, -0.25) is 0 Å². The van der Waals surface area contributed by atoms with Gasteiger partial charge < -0.3 is 5.32 Å². The summed E-state index contributed by atoms with van der Waals surface area (Å²) in [4.78, 5) is 1.38. The Kier molecular flexibility index (Phi) is 3.42. The summed E-state index contributed by atoms with van der Waals surface area (Å²) in [7, 11) is 1.97. The molecule has 0 fully saturated rings. The zero-order valence-corrected chi connectivity index (χ0v) is 9.37. The van der Waals surface area contributed by atoms with Crippen molar-refractivity contribution in [1.82, 2.24) is 15.5 Å². The molecule has 0 aliphatic carbocycles. The van der Waals surface area contributed by atoms with Gasteiger partial charge in [0.2, 0.25) is 0 Å². The van der Waals surface area contributed by atoms with Crippen LogP contribution in [0.2, 0.25) is 0 Å². The van der Waals surface area contributed by atoms with Gasteiger partial charge in [-0.2, -0.15) is 10.2 Å². The van der Waals surface area contributed by atoms with E-state index in [1.54, 1.807) is 17.5 Å². The van der Waals surface area contributed by atoms with Crippen LogP contribution in [0.3, 0.4) is 0 Å². The number of likely N-dealkylation sites (N-methyl/N-ethyl adjacent to an activating group) is 1. The molecule has 0 saturated carbocycles. The number of nitrogens with zero attached hydrogens (tertiary/aromatic N) is 2. The zero-order chi connectivity index (χ0) is 10.5. The molecule has 0 bridgehead atoms. The highest BCUT2D eigenvalue weighted by molar-refractivity contribution is 7.09. The molecule has 0 saturated heterocycles. The van der Waals surface area contributed by atoms with E-state index in [2.05, 4.69) is 33.0 Å². The molecule has 4 heteroatoms. The monoisotopic (exact) mass is 219 g/mol. The summed E-state index contributed by atoms with van der Waals surface area (Å²) in [6.45, 7) is 0. The normalized spacial score (nSPS) is 12.6. The molecule has 0 amide bonds. The van der Waals surface area contributed by atoms with Gasteiger partial charge in [-0.1, -0.05) is 6.07 Å². The maximum absolute atomic E-state index is 3.90. The Labute approximate surface area is 93.2 Å². The van der Waals surface area contributed by atoms with E-state index in [1.807, 2.05) is 19.3 Å². The van der Waals surface area contributed by atoms with Crippen molar-refractivity contribution >= 4 is 11.3 Å². The van der Waals surface area contributed by atoms with Crippen molar-refractivity contribution in [1.29, 1.82) is 0 Å². The minimum Gasteiger partial charge on any atom is -0.313 e. The lowest BCUT2D eigenvalue weighted by Gasteiger charge is -2.14. The van der Waals surface area contributed by atoms with E-state index in [0.717, 1.165) is 6.42 Å². The van der Waals surface area contributed by atoms with Gasteiger partial charge in [0.05, 0.1) is 6.20 Å². The molecular weight excluding hydrogens is 206 g/mol. The van der Waals surface area contributed by atoms with Crippen LogP contribution in [-0.4, -0.2) is 17.2 Å². The standard InChI is InChI=1S/C11H13N3S/c1-12-11(7-10-3-2-6-15-10)9-4-5-13-14-8-9/h2-6,8,11-12H,7H2,1H3. The smallest absolute Gasteiger partial charge is 0.0544 e. The van der Waals surface area contributed by atoms with E-state index in [1.165, 1.54) is 10.4 Å². The SMILES string of the molecule is CNC(Cc1cccs1)c1ccnnc1. The average Bonchev–Trinajstić information content (AvgIpc) is 2.80. The lowest BCUT2D eigenvalue weighted by molar-refractivity contribution is 0.592. The molecule has 2 heterocycles. The molecule has 1 N–H and O–H groups in total. The van der Waals surface area contributed by atoms with Crippen molar-refractivity contribution in [3.05, 3.63) is 46.4 Å². The molecule has 78 valence electrons. The van der Waals surface area contributed by atoms with Gasteiger partial charge in [-0.25, -0.2) is 0 Å². The number of hydrogen-bond donors (Lipinski definition) is 1. The third kappa shape index (κ3) is 2.61. The summed E-state index contributed by atoms with van der Waals surface area (Å²) < 4.78 is 0. The van der Waals surface area contributed by atoms with Gasteiger partial charge in [-0.15, -0.1) is 11.3 Å². The van der Waals surface area contributed by atoms with Gasteiger partial charge in [0.25, 0.3) is 0 Å². The van der Waals surface area contributed by atoms with Crippen LogP contribution in [0.15, 0.2) is 36.0 Å². The molecule has 0 aromatic carbocycles. The Morgan fingerprint density at radius 1 is 1.40 bits per heavy atom. The summed E-state index contributed by atoms with van der Waals surface area (Å²) in [6, 6.07) is 6.56. The third-order valence-electron chi connectivity index (χ3n) is 2.34. The predicted molar refractivity (Wildman–Crippen MR) is 61.9 cm³/mol. The van der Waals surface area contributed by atoms with Crippen molar-refractivity contribution in [2.75, 3.05) is 7.05 Å². The number of thiophene rings is 1. The van der Waals surface area contributed by atoms with E-state index in [-0.39, 0.29) is 0 Å². The minimum absolute atomic E-state index is 0.319. The first kappa shape index (κ1) is 10.3. The number of aromatic nitrogens is 2. The Morgan fingerprint density at radius 3 is 2.93 bits per heavy atom. The highest BCUT2D eigenvalue weighted by Gasteiger charge is 2.10. The summed E-state index contributed by atoms with van der Waals surface area (Å²) in [5.74, 6) is 0. The molecule has 3 nitrogen and oxygen atoms in total. The van der Waals surface area contributed by atoms with Crippen molar-refractivity contribution < 1.29 is 0 Å². The zero-order valence-electron chi connectivity index (χ0n) is 8.55. The summed E-state index contributed by atoms with van der Waals surface area (Å²) in [5, 5.41) is 13.1. The van der Waals surface area contributed by atoms with Crippen LogP contribution in [0.4, 0.5) is 0 Å². The lowest BCUT2D eigenvalue weighted by atomic mass is 10.1. The van der Waals surface area contributed by atoms with E-state index in [0.29, 0.717) is 6.04 Å². The number of hydrogen-bond acceptors (Lipinski definition) is 4. The van der Waals surface area contributed by atoms with Crippen LogP contribution in [0.1, 0.15) is 16.5 Å². The van der Waals surface area contributed by atoms with E-state index < -0.39 is 0 Å². The van der Waals surface area contributed by atoms with Gasteiger partial charge in [0.1, 0.15) is 0 Å². The predicted octanol–water partition coefficient (Wildman–Crippen LogP) is 2.04. The highest BCUT2D eigenvalue weighted by Crippen LogP contribution is 2.19. The topological polar surface area (TPSA) is 37.8 Å². The molecule has 0 aliphatic rings. The van der Waals surface area contributed by atoms with Crippen LogP contribution < -0.4 is 5.32 Å². The Balaban J connectivity index is 2.12. The summed E-state index contributed by atoms with van der Waals surface area (Å²) in [5.41, 5.74) is 1.18. The minimum atomic E-state index is 0.319. The number of rotatable bonds is 4. The molecule has 1 unspecified atom stereocenters. The molecule has 0 aliphatic heterocycles. The second-order valence-corrected chi connectivity index (χ2v) is 4.33. The van der Waals surface area contributed by atoms with Gasteiger partial charge in [0.15, 0.2) is 0 Å². The van der Waals surface area contributed by atoms with E-state index in [9.17, 15) is 0 Å². The van der Waals surface area contributed by atoms with Crippen LogP contribution in [0.5, 0.6) is 0 Å². The second kappa shape index (κ2) is 5.00. The Hall–Kier alpha value is -1.26. The first-order chi connectivity index (χ1) is 7.40. The number of nitrogens with one attached hydrogen (secondary N) is 1. The van der Waals surface area contributed by atoms with Crippen LogP contribution in [0, 0.1) is 0 Å². The van der Waals surface area contributed by atoms with Crippen LogP contribution >= 0.6 is 11.3 Å². The van der Waals surface area contributed by atoms with E-state index in [4.69, 9.17) is 0 Å². The molecular formula is C11H13N3S. The van der Waals surface area contributed by atoms with Crippen molar-refractivity contribution in [2.45, 2.75) is 12.5 Å². The molecule has 2 aromatic heterocycles. The lowest BCUT2D eigenvalue weighted by Crippen LogP contribution is -2.18. The second-order valence-electron chi connectivity index (χ2n) is 3.30. The first-order valence-electron chi connectivity index (χ1n) is 4.86. The quantitative estimate of drug-likeness (QED) is 0.855. The third-order valence-corrected chi connectivity index (χ3v) is 3.24. The molecule has 2 aromatic rings. The fraction of sp³-hybridized carbons (Fsp3) is 0.273. The Bertz CT molecular complexity index is 385. The van der Waals surface area contributed by atoms with Crippen LogP contribution in [0.25, 0.3) is 0 Å². The fourth-order valence-electron chi connectivity index (χ4n) is 1.52. The fourth-order valence-corrected chi connectivity index (χ4v) is 2.28. The maximum Gasteiger partial charge on any atom is 0.0544 e. The summed E-state index contributed by atoms with van der Waals surface area (Å²) >= 11 is 1.79. The molecule has 1 atom stereocenters. The molecule has 2 rings (SSSR count). The van der Waals surface area contributed by atoms with Gasteiger partial charge in [-0.05, 0) is 30.1 Å². The average molecular weight is 219 g/mol. The maximum atomic E-state index is 3.90. The summed E-state index contributed by atoms with van der Waals surface area (Å²) in [6.07, 6.45) is 4.54. The van der Waals surface area contributed by atoms with Crippen molar-refractivity contribution in [3.63, 3.8) is 0 Å². The van der Waals surface area contributed by atoms with Gasteiger partial charge in [0, 0.05) is 23.5 Å². The first-order valence-corrected chi connectivity index (χ1v) is 5.74. The Morgan fingerprint density at radius 2 is 2.33 bits per heavy atom. The van der Waals surface area contributed by atoms with E-state index >= 15 is 0 Å². The molecule has 0 spiro atoms. The molecule has 0 radical (unpaired) electrons. The molecule has 15 heavy (non-hydrogen) atoms.